The Balaban J connectivity index is 0.00000225. The van der Waals surface area contributed by atoms with Gasteiger partial charge in [-0.3, -0.25) is 4.79 Å². The maximum atomic E-state index is 12.1. The molecule has 3 N–H and O–H groups in total. The number of aliphatic imine (C=N–C) groups is 1. The van der Waals surface area contributed by atoms with Crippen LogP contribution in [-0.4, -0.2) is 25.0 Å². The zero-order chi connectivity index (χ0) is 16.8. The number of benzene rings is 1. The molecule has 2 saturated carbocycles. The summed E-state index contributed by atoms with van der Waals surface area (Å²) in [5.41, 5.74) is 1.97. The zero-order valence-corrected chi connectivity index (χ0v) is 17.2. The molecule has 0 aliphatic heterocycles. The molecule has 138 valence electrons. The van der Waals surface area contributed by atoms with Crippen LogP contribution in [-0.2, 0) is 11.3 Å². The Kier molecular flexibility index (Phi) is 7.99. The molecule has 5 nitrogen and oxygen atoms in total. The number of anilines is 1. The molecule has 0 aromatic heterocycles. The molecule has 0 spiro atoms. The first kappa shape index (κ1) is 20.0. The van der Waals surface area contributed by atoms with Crippen LogP contribution in [0.2, 0.25) is 0 Å². The summed E-state index contributed by atoms with van der Waals surface area (Å²) in [7, 11) is 0. The summed E-state index contributed by atoms with van der Waals surface area (Å²) in [4.78, 5) is 16.7. The highest BCUT2D eigenvalue weighted by Gasteiger charge is 2.25. The van der Waals surface area contributed by atoms with Crippen molar-refractivity contribution in [2.75, 3.05) is 18.4 Å². The third-order valence-electron chi connectivity index (χ3n) is 4.69. The predicted octanol–water partition coefficient (Wildman–Crippen LogP) is 3.51. The Morgan fingerprint density at radius 1 is 1.20 bits per heavy atom. The van der Waals surface area contributed by atoms with Crippen molar-refractivity contribution in [2.45, 2.75) is 45.6 Å². The third-order valence-corrected chi connectivity index (χ3v) is 4.69. The summed E-state index contributed by atoms with van der Waals surface area (Å²) < 4.78 is 0. The van der Waals surface area contributed by atoms with E-state index in [1.807, 2.05) is 24.3 Å². The summed E-state index contributed by atoms with van der Waals surface area (Å²) in [5, 5.41) is 9.71. The molecular formula is C19H29IN4O. The molecule has 0 atom stereocenters. The number of rotatable bonds is 7. The fourth-order valence-corrected chi connectivity index (χ4v) is 2.74. The first-order valence-corrected chi connectivity index (χ1v) is 9.16. The number of halogens is 1. The van der Waals surface area contributed by atoms with Crippen LogP contribution in [0.5, 0.6) is 0 Å². The molecule has 2 aliphatic rings. The van der Waals surface area contributed by atoms with Crippen LogP contribution >= 0.6 is 24.0 Å². The molecule has 1 amide bonds. The number of hydrogen-bond donors (Lipinski definition) is 3. The molecule has 0 bridgehead atoms. The van der Waals surface area contributed by atoms with Gasteiger partial charge in [0.1, 0.15) is 0 Å². The van der Waals surface area contributed by atoms with E-state index < -0.39 is 0 Å². The molecule has 0 saturated heterocycles. The number of hydrogen-bond acceptors (Lipinski definition) is 2. The van der Waals surface area contributed by atoms with Crippen molar-refractivity contribution in [3.63, 3.8) is 0 Å². The second-order valence-corrected chi connectivity index (χ2v) is 6.84. The molecule has 2 aliphatic carbocycles. The Labute approximate surface area is 167 Å². The van der Waals surface area contributed by atoms with Gasteiger partial charge in [-0.2, -0.15) is 0 Å². The monoisotopic (exact) mass is 456 g/mol. The minimum atomic E-state index is 0. The van der Waals surface area contributed by atoms with E-state index in [0.29, 0.717) is 6.54 Å². The highest BCUT2D eigenvalue weighted by atomic mass is 127. The molecule has 0 unspecified atom stereocenters. The first-order chi connectivity index (χ1) is 11.7. The number of carbonyl (C=O) groups excluding carboxylic acids is 1. The van der Waals surface area contributed by atoms with Crippen molar-refractivity contribution >= 4 is 41.5 Å². The number of amides is 1. The van der Waals surface area contributed by atoms with Crippen molar-refractivity contribution in [1.29, 1.82) is 0 Å². The van der Waals surface area contributed by atoms with Gasteiger partial charge in [-0.1, -0.05) is 18.6 Å². The van der Waals surface area contributed by atoms with Gasteiger partial charge in [-0.15, -0.1) is 24.0 Å². The summed E-state index contributed by atoms with van der Waals surface area (Å²) in [6.07, 6.45) is 5.88. The van der Waals surface area contributed by atoms with Crippen molar-refractivity contribution in [2.24, 2.45) is 16.8 Å². The molecule has 25 heavy (non-hydrogen) atoms. The molecule has 1 aromatic rings. The average Bonchev–Trinajstić information content (AvgIpc) is 3.33. The topological polar surface area (TPSA) is 65.5 Å². The fraction of sp³-hybridized carbons (Fsp3) is 0.579. The van der Waals surface area contributed by atoms with Gasteiger partial charge in [0.05, 0.1) is 6.54 Å². The van der Waals surface area contributed by atoms with Gasteiger partial charge >= 0.3 is 0 Å². The van der Waals surface area contributed by atoms with Gasteiger partial charge in [0, 0.05) is 24.7 Å². The molecule has 6 heteroatoms. The van der Waals surface area contributed by atoms with Gasteiger partial charge in [0.15, 0.2) is 5.96 Å². The van der Waals surface area contributed by atoms with Crippen molar-refractivity contribution in [3.8, 4) is 0 Å². The van der Waals surface area contributed by atoms with Crippen LogP contribution in [0.1, 0.15) is 44.6 Å². The molecule has 0 heterocycles. The van der Waals surface area contributed by atoms with Crippen LogP contribution in [0.25, 0.3) is 0 Å². The van der Waals surface area contributed by atoms with E-state index in [1.165, 1.54) is 19.3 Å². The third kappa shape index (κ3) is 6.49. The van der Waals surface area contributed by atoms with E-state index in [2.05, 4.69) is 27.9 Å². The summed E-state index contributed by atoms with van der Waals surface area (Å²) in [6, 6.07) is 7.99. The first-order valence-electron chi connectivity index (χ1n) is 9.16. The van der Waals surface area contributed by atoms with E-state index in [4.69, 9.17) is 0 Å². The van der Waals surface area contributed by atoms with Crippen LogP contribution in [0, 0.1) is 11.8 Å². The smallest absolute Gasteiger partial charge is 0.227 e. The summed E-state index contributed by atoms with van der Waals surface area (Å²) in [5.74, 6) is 2.05. The molecular weight excluding hydrogens is 427 g/mol. The maximum absolute atomic E-state index is 12.1. The number of nitrogens with one attached hydrogen (secondary N) is 3. The average molecular weight is 456 g/mol. The van der Waals surface area contributed by atoms with Gasteiger partial charge in [0.25, 0.3) is 0 Å². The second kappa shape index (κ2) is 9.99. The van der Waals surface area contributed by atoms with Crippen LogP contribution in [0.4, 0.5) is 5.69 Å². The van der Waals surface area contributed by atoms with Gasteiger partial charge < -0.3 is 16.0 Å². The lowest BCUT2D eigenvalue weighted by atomic mass is 9.85. The van der Waals surface area contributed by atoms with Crippen molar-refractivity contribution in [1.82, 2.24) is 10.6 Å². The Morgan fingerprint density at radius 2 is 2.00 bits per heavy atom. The van der Waals surface area contributed by atoms with E-state index in [0.717, 1.165) is 49.1 Å². The number of nitrogens with zero attached hydrogens (tertiary/aromatic N) is 1. The highest BCUT2D eigenvalue weighted by Crippen LogP contribution is 2.28. The Morgan fingerprint density at radius 3 is 2.64 bits per heavy atom. The van der Waals surface area contributed by atoms with Crippen molar-refractivity contribution in [3.05, 3.63) is 29.8 Å². The SMILES string of the molecule is CCNC(=NCc1cccc(NC(=O)C2CCC2)c1)NCC1CC1.I. The van der Waals surface area contributed by atoms with Crippen LogP contribution < -0.4 is 16.0 Å². The molecule has 2 fully saturated rings. The predicted molar refractivity (Wildman–Crippen MR) is 113 cm³/mol. The van der Waals surface area contributed by atoms with E-state index in [9.17, 15) is 4.79 Å². The van der Waals surface area contributed by atoms with Crippen LogP contribution in [0.15, 0.2) is 29.3 Å². The van der Waals surface area contributed by atoms with E-state index in [1.54, 1.807) is 0 Å². The minimum Gasteiger partial charge on any atom is -0.357 e. The largest absolute Gasteiger partial charge is 0.357 e. The quantitative estimate of drug-likeness (QED) is 0.334. The molecule has 3 rings (SSSR count). The highest BCUT2D eigenvalue weighted by molar-refractivity contribution is 14.0. The lowest BCUT2D eigenvalue weighted by molar-refractivity contribution is -0.122. The van der Waals surface area contributed by atoms with E-state index in [-0.39, 0.29) is 35.8 Å². The lowest BCUT2D eigenvalue weighted by Gasteiger charge is -2.24. The zero-order valence-electron chi connectivity index (χ0n) is 14.9. The second-order valence-electron chi connectivity index (χ2n) is 6.84. The number of guanidine groups is 1. The Hall–Kier alpha value is -1.31. The fourth-order valence-electron chi connectivity index (χ4n) is 2.74. The van der Waals surface area contributed by atoms with Gasteiger partial charge in [-0.25, -0.2) is 4.99 Å². The number of carbonyl (C=O) groups is 1. The molecule has 0 radical (unpaired) electrons. The summed E-state index contributed by atoms with van der Waals surface area (Å²) in [6.45, 7) is 4.54. The lowest BCUT2D eigenvalue weighted by Crippen LogP contribution is -2.38. The van der Waals surface area contributed by atoms with Crippen LogP contribution in [0.3, 0.4) is 0 Å². The Bertz CT molecular complexity index is 597. The minimum absolute atomic E-state index is 0. The van der Waals surface area contributed by atoms with Gasteiger partial charge in [-0.05, 0) is 56.2 Å². The summed E-state index contributed by atoms with van der Waals surface area (Å²) >= 11 is 0. The maximum Gasteiger partial charge on any atom is 0.227 e. The van der Waals surface area contributed by atoms with Gasteiger partial charge in [0.2, 0.25) is 5.91 Å². The molecule has 1 aromatic carbocycles. The van der Waals surface area contributed by atoms with Crippen molar-refractivity contribution < 1.29 is 4.79 Å². The van der Waals surface area contributed by atoms with E-state index >= 15 is 0 Å². The standard InChI is InChI=1S/C19H28N4O.HI/c1-2-20-19(21-12-14-9-10-14)22-13-15-5-3-8-17(11-15)23-18(24)16-6-4-7-16;/h3,5,8,11,14,16H,2,4,6-7,9-10,12-13H2,1H3,(H,23,24)(H2,20,21,22);1H. The normalized spacial score (nSPS) is 17.2.